The van der Waals surface area contributed by atoms with E-state index >= 15 is 0 Å². The van der Waals surface area contributed by atoms with Crippen LogP contribution >= 0.6 is 0 Å². The van der Waals surface area contributed by atoms with Gasteiger partial charge in [0.05, 0.1) is 18.5 Å². The first-order chi connectivity index (χ1) is 15.5. The predicted molar refractivity (Wildman–Crippen MR) is 123 cm³/mol. The number of fused-ring (bicyclic) bond motifs is 1. The van der Waals surface area contributed by atoms with E-state index in [4.69, 9.17) is 4.74 Å². The molecule has 1 saturated heterocycles. The van der Waals surface area contributed by atoms with Crippen molar-refractivity contribution in [2.75, 3.05) is 23.9 Å². The molecule has 0 radical (unpaired) electrons. The zero-order chi connectivity index (χ0) is 22.2. The second-order valence-electron chi connectivity index (χ2n) is 8.36. The summed E-state index contributed by atoms with van der Waals surface area (Å²) < 4.78 is 7.35. The van der Waals surface area contributed by atoms with Gasteiger partial charge >= 0.3 is 0 Å². The van der Waals surface area contributed by atoms with Gasteiger partial charge in [0.2, 0.25) is 5.91 Å². The summed E-state index contributed by atoms with van der Waals surface area (Å²) in [6, 6.07) is 13.5. The van der Waals surface area contributed by atoms with Gasteiger partial charge in [-0.25, -0.2) is 4.68 Å². The molecule has 32 heavy (non-hydrogen) atoms. The fourth-order valence-corrected chi connectivity index (χ4v) is 4.59. The van der Waals surface area contributed by atoms with E-state index in [2.05, 4.69) is 29.5 Å². The zero-order valence-corrected chi connectivity index (χ0v) is 18.4. The molecule has 0 saturated carbocycles. The second kappa shape index (κ2) is 8.15. The van der Waals surface area contributed by atoms with E-state index in [1.165, 1.54) is 5.56 Å². The monoisotopic (exact) mass is 430 g/mol. The zero-order valence-electron chi connectivity index (χ0n) is 18.4. The molecule has 3 aromatic rings. The molecule has 1 aliphatic heterocycles. The van der Waals surface area contributed by atoms with Crippen LogP contribution in [0.5, 0.6) is 5.75 Å². The third-order valence-electron chi connectivity index (χ3n) is 6.22. The molecule has 1 aromatic heterocycles. The summed E-state index contributed by atoms with van der Waals surface area (Å²) in [4.78, 5) is 27.2. The van der Waals surface area contributed by atoms with Crippen LogP contribution in [-0.2, 0) is 17.6 Å². The van der Waals surface area contributed by atoms with E-state index in [0.717, 1.165) is 42.6 Å². The highest BCUT2D eigenvalue weighted by Gasteiger charge is 2.28. The number of aryl methyl sites for hydroxylation is 1. The Kier molecular flexibility index (Phi) is 5.17. The number of nitrogens with zero attached hydrogens (tertiary/aromatic N) is 3. The summed E-state index contributed by atoms with van der Waals surface area (Å²) in [7, 11) is 1.58. The van der Waals surface area contributed by atoms with Gasteiger partial charge in [0.15, 0.2) is 5.69 Å². The molecule has 1 N–H and O–H groups in total. The number of rotatable bonds is 5. The summed E-state index contributed by atoms with van der Waals surface area (Å²) in [5.41, 5.74) is 6.04. The Balaban J connectivity index is 1.45. The molecular formula is C25H26N4O3. The largest absolute Gasteiger partial charge is 0.495 e. The number of hydrogen-bond donors (Lipinski definition) is 1. The van der Waals surface area contributed by atoms with Crippen LogP contribution in [0.1, 0.15) is 46.6 Å². The number of benzene rings is 2. The Morgan fingerprint density at radius 3 is 2.59 bits per heavy atom. The van der Waals surface area contributed by atoms with Gasteiger partial charge in [-0.05, 0) is 62.9 Å². The van der Waals surface area contributed by atoms with Crippen LogP contribution in [0, 0.1) is 6.92 Å². The van der Waals surface area contributed by atoms with Gasteiger partial charge in [-0.3, -0.25) is 9.59 Å². The van der Waals surface area contributed by atoms with E-state index in [9.17, 15) is 9.59 Å². The van der Waals surface area contributed by atoms with E-state index in [0.29, 0.717) is 35.8 Å². The average Bonchev–Trinajstić information content (AvgIpc) is 3.51. The van der Waals surface area contributed by atoms with Gasteiger partial charge in [-0.1, -0.05) is 17.7 Å². The number of carbonyl (C=O) groups excluding carboxylic acids is 2. The summed E-state index contributed by atoms with van der Waals surface area (Å²) in [6.07, 6.45) is 4.12. The lowest BCUT2D eigenvalue weighted by Crippen LogP contribution is -2.24. The maximum atomic E-state index is 13.2. The molecular weight excluding hydrogens is 404 g/mol. The number of nitrogens with one attached hydrogen (secondary N) is 1. The molecule has 2 aromatic carbocycles. The highest BCUT2D eigenvalue weighted by atomic mass is 16.5. The van der Waals surface area contributed by atoms with E-state index in [1.807, 2.05) is 16.8 Å². The maximum absolute atomic E-state index is 13.2. The molecule has 2 aliphatic rings. The number of aromatic nitrogens is 2. The lowest BCUT2D eigenvalue weighted by atomic mass is 10.1. The summed E-state index contributed by atoms with van der Waals surface area (Å²) in [5.74, 6) is 0.446. The first kappa shape index (κ1) is 20.3. The first-order valence-corrected chi connectivity index (χ1v) is 11.0. The summed E-state index contributed by atoms with van der Waals surface area (Å²) >= 11 is 0. The number of hydrogen-bond acceptors (Lipinski definition) is 4. The minimum atomic E-state index is -0.238. The van der Waals surface area contributed by atoms with Gasteiger partial charge in [0.25, 0.3) is 5.91 Å². The van der Waals surface area contributed by atoms with E-state index in [-0.39, 0.29) is 11.8 Å². The SMILES string of the molecule is COc1ccc(NC(=O)c2nn(-c3ccc(C)cc3)c3c2CCC3)cc1N1CCCC1=O. The fourth-order valence-electron chi connectivity index (χ4n) is 4.59. The van der Waals surface area contributed by atoms with Gasteiger partial charge in [-0.2, -0.15) is 5.10 Å². The number of ether oxygens (including phenoxy) is 1. The Bertz CT molecular complexity index is 1200. The molecule has 2 amide bonds. The van der Waals surface area contributed by atoms with Crippen molar-refractivity contribution in [2.24, 2.45) is 0 Å². The standard InChI is InChI=1S/C25H26N4O3/c1-16-8-11-18(12-9-16)29-20-6-3-5-19(20)24(27-29)25(31)26-17-10-13-22(32-2)21(15-17)28-14-4-7-23(28)30/h8-13,15H,3-7,14H2,1-2H3,(H,26,31). The third kappa shape index (κ3) is 3.53. The lowest BCUT2D eigenvalue weighted by Gasteiger charge is -2.20. The minimum absolute atomic E-state index is 0.0708. The Hall–Kier alpha value is -3.61. The topological polar surface area (TPSA) is 76.5 Å². The van der Waals surface area contributed by atoms with Gasteiger partial charge < -0.3 is 15.0 Å². The van der Waals surface area contributed by atoms with Crippen LogP contribution in [0.4, 0.5) is 11.4 Å². The number of carbonyl (C=O) groups is 2. The van der Waals surface area contributed by atoms with Crippen LogP contribution in [0.25, 0.3) is 5.69 Å². The Labute approximate surface area is 187 Å². The number of methoxy groups -OCH3 is 1. The Morgan fingerprint density at radius 1 is 1.06 bits per heavy atom. The molecule has 164 valence electrons. The molecule has 2 heterocycles. The number of anilines is 2. The van der Waals surface area contributed by atoms with Crippen molar-refractivity contribution in [1.29, 1.82) is 0 Å². The lowest BCUT2D eigenvalue weighted by molar-refractivity contribution is -0.117. The molecule has 1 aliphatic carbocycles. The molecule has 0 spiro atoms. The maximum Gasteiger partial charge on any atom is 0.276 e. The second-order valence-corrected chi connectivity index (χ2v) is 8.36. The van der Waals surface area contributed by atoms with Crippen molar-refractivity contribution in [1.82, 2.24) is 9.78 Å². The van der Waals surface area contributed by atoms with Crippen molar-refractivity contribution >= 4 is 23.2 Å². The van der Waals surface area contributed by atoms with E-state index in [1.54, 1.807) is 30.2 Å². The number of amides is 2. The van der Waals surface area contributed by atoms with Crippen LogP contribution < -0.4 is 15.0 Å². The third-order valence-corrected chi connectivity index (χ3v) is 6.22. The molecule has 1 fully saturated rings. The highest BCUT2D eigenvalue weighted by Crippen LogP contribution is 2.34. The molecule has 0 bridgehead atoms. The van der Waals surface area contributed by atoms with Crippen LogP contribution in [0.2, 0.25) is 0 Å². The van der Waals surface area contributed by atoms with Crippen molar-refractivity contribution in [3.8, 4) is 11.4 Å². The molecule has 7 nitrogen and oxygen atoms in total. The normalized spacial score (nSPS) is 15.2. The van der Waals surface area contributed by atoms with E-state index < -0.39 is 0 Å². The van der Waals surface area contributed by atoms with Crippen LogP contribution in [0.3, 0.4) is 0 Å². The quantitative estimate of drug-likeness (QED) is 0.662. The van der Waals surface area contributed by atoms with Gasteiger partial charge in [0, 0.05) is 29.9 Å². The predicted octanol–water partition coefficient (Wildman–Crippen LogP) is 4.06. The van der Waals surface area contributed by atoms with Gasteiger partial charge in [0.1, 0.15) is 5.75 Å². The summed E-state index contributed by atoms with van der Waals surface area (Å²) in [6.45, 7) is 2.70. The van der Waals surface area contributed by atoms with Crippen LogP contribution in [-0.4, -0.2) is 35.2 Å². The molecule has 0 unspecified atom stereocenters. The average molecular weight is 431 g/mol. The first-order valence-electron chi connectivity index (χ1n) is 11.0. The smallest absolute Gasteiger partial charge is 0.276 e. The minimum Gasteiger partial charge on any atom is -0.495 e. The van der Waals surface area contributed by atoms with Crippen molar-refractivity contribution in [2.45, 2.75) is 39.0 Å². The highest BCUT2D eigenvalue weighted by molar-refractivity contribution is 6.05. The van der Waals surface area contributed by atoms with Gasteiger partial charge in [-0.15, -0.1) is 0 Å². The molecule has 7 heteroatoms. The van der Waals surface area contributed by atoms with Crippen LogP contribution in [0.15, 0.2) is 42.5 Å². The van der Waals surface area contributed by atoms with Crippen molar-refractivity contribution in [3.05, 3.63) is 65.0 Å². The molecule has 5 rings (SSSR count). The van der Waals surface area contributed by atoms with Crippen molar-refractivity contribution < 1.29 is 14.3 Å². The summed E-state index contributed by atoms with van der Waals surface area (Å²) in [5, 5.41) is 7.67. The fraction of sp³-hybridized carbons (Fsp3) is 0.320. The molecule has 0 atom stereocenters. The Morgan fingerprint density at radius 2 is 1.88 bits per heavy atom. The van der Waals surface area contributed by atoms with Crippen molar-refractivity contribution in [3.63, 3.8) is 0 Å².